The van der Waals surface area contributed by atoms with Gasteiger partial charge >= 0.3 is 6.09 Å². The van der Waals surface area contributed by atoms with Crippen LogP contribution in [-0.4, -0.2) is 69.6 Å². The minimum atomic E-state index is -0.606. The summed E-state index contributed by atoms with van der Waals surface area (Å²) in [4.78, 5) is 51.9. The molecule has 10 nitrogen and oxygen atoms in total. The Morgan fingerprint density at radius 3 is 2.33 bits per heavy atom. The van der Waals surface area contributed by atoms with Gasteiger partial charge in [0.15, 0.2) is 5.82 Å². The quantitative estimate of drug-likeness (QED) is 0.162. The van der Waals surface area contributed by atoms with Crippen molar-refractivity contribution >= 4 is 45.1 Å². The molecule has 0 aliphatic carbocycles. The van der Waals surface area contributed by atoms with Gasteiger partial charge in [0.2, 0.25) is 11.8 Å². The molecule has 3 unspecified atom stereocenters. The van der Waals surface area contributed by atoms with Gasteiger partial charge in [-0.25, -0.2) is 4.79 Å². The molecule has 0 spiro atoms. The lowest BCUT2D eigenvalue weighted by atomic mass is 9.90. The van der Waals surface area contributed by atoms with Gasteiger partial charge in [0.25, 0.3) is 5.91 Å². The number of benzene rings is 4. The largest absolute Gasteiger partial charge is 0.444 e. The number of carbonyl (C=O) groups excluding carboxylic acids is 3. The van der Waals surface area contributed by atoms with E-state index < -0.39 is 11.6 Å². The van der Waals surface area contributed by atoms with E-state index in [0.717, 1.165) is 27.1 Å². The number of anilines is 1. The SMILES string of the molecule is CCN(C(=O)C1CCN(C(=O)OC(C)(C)C)C(C)C1)c1ccc2ccccc2c1C(=O)N(C)C(Cc1ccc2ccccc2c1)c1nc(C)no1. The Balaban J connectivity index is 1.34. The monoisotopic (exact) mass is 689 g/mol. The number of hydrogen-bond acceptors (Lipinski definition) is 7. The molecule has 0 saturated carbocycles. The number of fused-ring (bicyclic) bond motifs is 2. The van der Waals surface area contributed by atoms with Gasteiger partial charge in [-0.15, -0.1) is 0 Å². The second kappa shape index (κ2) is 14.5. The van der Waals surface area contributed by atoms with Gasteiger partial charge in [0, 0.05) is 38.5 Å². The number of likely N-dealkylation sites (N-methyl/N-ethyl adjacent to an activating group) is 1. The van der Waals surface area contributed by atoms with Gasteiger partial charge in [-0.1, -0.05) is 78.0 Å². The van der Waals surface area contributed by atoms with Crippen LogP contribution in [0.5, 0.6) is 0 Å². The molecule has 1 fully saturated rings. The first-order valence-corrected chi connectivity index (χ1v) is 17.7. The van der Waals surface area contributed by atoms with Crippen LogP contribution in [0.3, 0.4) is 0 Å². The maximum Gasteiger partial charge on any atom is 0.410 e. The van der Waals surface area contributed by atoms with Gasteiger partial charge in [-0.2, -0.15) is 4.98 Å². The number of piperidine rings is 1. The molecule has 10 heteroatoms. The highest BCUT2D eigenvalue weighted by Gasteiger charge is 2.38. The van der Waals surface area contributed by atoms with Gasteiger partial charge in [-0.3, -0.25) is 9.59 Å². The Hall–Kier alpha value is -5.25. The number of amides is 3. The smallest absolute Gasteiger partial charge is 0.410 e. The maximum absolute atomic E-state index is 14.9. The van der Waals surface area contributed by atoms with Crippen LogP contribution in [0.4, 0.5) is 10.5 Å². The van der Waals surface area contributed by atoms with Crippen molar-refractivity contribution in [3.8, 4) is 0 Å². The average molecular weight is 690 g/mol. The first-order valence-electron chi connectivity index (χ1n) is 17.7. The topological polar surface area (TPSA) is 109 Å². The summed E-state index contributed by atoms with van der Waals surface area (Å²) < 4.78 is 11.3. The molecule has 0 bridgehead atoms. The van der Waals surface area contributed by atoms with E-state index in [0.29, 0.717) is 55.3 Å². The van der Waals surface area contributed by atoms with Crippen LogP contribution in [0.25, 0.3) is 21.5 Å². The summed E-state index contributed by atoms with van der Waals surface area (Å²) in [6, 6.07) is 25.2. The van der Waals surface area contributed by atoms with E-state index in [2.05, 4.69) is 40.5 Å². The third-order valence-electron chi connectivity index (χ3n) is 9.71. The summed E-state index contributed by atoms with van der Waals surface area (Å²) in [7, 11) is 1.76. The number of aryl methyl sites for hydroxylation is 1. The fourth-order valence-electron chi connectivity index (χ4n) is 7.11. The average Bonchev–Trinajstić information content (AvgIpc) is 3.54. The zero-order chi connectivity index (χ0) is 36.4. The van der Waals surface area contributed by atoms with Crippen LogP contribution in [0.1, 0.15) is 81.1 Å². The molecule has 266 valence electrons. The van der Waals surface area contributed by atoms with Crippen LogP contribution in [0, 0.1) is 12.8 Å². The maximum atomic E-state index is 14.9. The Morgan fingerprint density at radius 2 is 1.67 bits per heavy atom. The molecule has 0 radical (unpaired) electrons. The molecule has 51 heavy (non-hydrogen) atoms. The van der Waals surface area contributed by atoms with E-state index in [9.17, 15) is 14.4 Å². The Kier molecular flexibility index (Phi) is 10.1. The van der Waals surface area contributed by atoms with E-state index in [1.165, 1.54) is 0 Å². The number of carbonyl (C=O) groups is 3. The molecule has 1 aromatic heterocycles. The number of rotatable bonds is 8. The Labute approximate surface area is 299 Å². The summed E-state index contributed by atoms with van der Waals surface area (Å²) in [6.45, 7) is 12.0. The van der Waals surface area contributed by atoms with Crippen molar-refractivity contribution in [1.82, 2.24) is 19.9 Å². The first-order chi connectivity index (χ1) is 24.3. The molecule has 2 heterocycles. The van der Waals surface area contributed by atoms with Gasteiger partial charge in [0.1, 0.15) is 11.6 Å². The number of ether oxygens (including phenoxy) is 1. The summed E-state index contributed by atoms with van der Waals surface area (Å²) >= 11 is 0. The molecule has 1 aliphatic rings. The highest BCUT2D eigenvalue weighted by molar-refractivity contribution is 6.14. The third kappa shape index (κ3) is 7.60. The Morgan fingerprint density at radius 1 is 0.980 bits per heavy atom. The van der Waals surface area contributed by atoms with E-state index >= 15 is 0 Å². The van der Waals surface area contributed by atoms with E-state index in [1.807, 2.05) is 83.1 Å². The van der Waals surface area contributed by atoms with Gasteiger partial charge < -0.3 is 24.0 Å². The zero-order valence-corrected chi connectivity index (χ0v) is 30.6. The van der Waals surface area contributed by atoms with Crippen LogP contribution in [0.15, 0.2) is 83.4 Å². The van der Waals surface area contributed by atoms with Crippen molar-refractivity contribution < 1.29 is 23.6 Å². The summed E-state index contributed by atoms with van der Waals surface area (Å²) in [6.07, 6.45) is 1.07. The number of nitrogens with zero attached hydrogens (tertiary/aromatic N) is 5. The third-order valence-corrected chi connectivity index (χ3v) is 9.71. The lowest BCUT2D eigenvalue weighted by Crippen LogP contribution is -2.50. The van der Waals surface area contributed by atoms with Crippen LogP contribution in [-0.2, 0) is 16.0 Å². The predicted octanol–water partition coefficient (Wildman–Crippen LogP) is 8.13. The zero-order valence-electron chi connectivity index (χ0n) is 30.6. The summed E-state index contributed by atoms with van der Waals surface area (Å²) in [5.74, 6) is 0.165. The number of hydrogen-bond donors (Lipinski definition) is 0. The molecular weight excluding hydrogens is 642 g/mol. The molecule has 3 amide bonds. The summed E-state index contributed by atoms with van der Waals surface area (Å²) in [5, 5.41) is 7.93. The van der Waals surface area contributed by atoms with Crippen LogP contribution < -0.4 is 4.90 Å². The highest BCUT2D eigenvalue weighted by Crippen LogP contribution is 2.36. The highest BCUT2D eigenvalue weighted by atomic mass is 16.6. The number of aromatic nitrogens is 2. The van der Waals surface area contributed by atoms with Crippen molar-refractivity contribution in [2.45, 2.75) is 78.5 Å². The molecule has 3 atom stereocenters. The predicted molar refractivity (Wildman–Crippen MR) is 199 cm³/mol. The molecule has 4 aromatic carbocycles. The fourth-order valence-corrected chi connectivity index (χ4v) is 7.11. The molecule has 1 aliphatic heterocycles. The van der Waals surface area contributed by atoms with Crippen LogP contribution >= 0.6 is 0 Å². The van der Waals surface area contributed by atoms with Crippen molar-refractivity contribution in [3.63, 3.8) is 0 Å². The minimum Gasteiger partial charge on any atom is -0.444 e. The van der Waals surface area contributed by atoms with Crippen molar-refractivity contribution in [3.05, 3.63) is 102 Å². The van der Waals surface area contributed by atoms with Crippen LogP contribution in [0.2, 0.25) is 0 Å². The first kappa shape index (κ1) is 35.6. The molecule has 5 aromatic rings. The van der Waals surface area contributed by atoms with E-state index in [4.69, 9.17) is 9.26 Å². The van der Waals surface area contributed by atoms with Crippen molar-refractivity contribution in [1.29, 1.82) is 0 Å². The van der Waals surface area contributed by atoms with Gasteiger partial charge in [-0.05, 0) is 87.6 Å². The second-order valence-electron chi connectivity index (χ2n) is 14.5. The standard InChI is InChI=1S/C41H47N5O5/c1-8-45(38(47)32-21-22-46(26(2)23-32)40(49)50-41(4,5)6)34-20-19-30-14-11-12-16-33(30)36(34)39(48)44(7)35(37-42-27(3)43-51-37)25-28-17-18-29-13-9-10-15-31(29)24-28/h9-20,24,26,32,35H,8,21-23,25H2,1-7H3. The minimum absolute atomic E-state index is 0.0691. The van der Waals surface area contributed by atoms with E-state index in [-0.39, 0.29) is 29.9 Å². The summed E-state index contributed by atoms with van der Waals surface area (Å²) in [5.41, 5.74) is 1.40. The Bertz CT molecular complexity index is 2070. The van der Waals surface area contributed by atoms with Crippen molar-refractivity contribution in [2.75, 3.05) is 25.0 Å². The lowest BCUT2D eigenvalue weighted by Gasteiger charge is -2.39. The van der Waals surface area contributed by atoms with Crippen molar-refractivity contribution in [2.24, 2.45) is 5.92 Å². The molecule has 1 saturated heterocycles. The van der Waals surface area contributed by atoms with Gasteiger partial charge in [0.05, 0.1) is 11.3 Å². The normalized spacial score (nSPS) is 17.0. The molecular formula is C41H47N5O5. The molecule has 6 rings (SSSR count). The lowest BCUT2D eigenvalue weighted by molar-refractivity contribution is -0.124. The van der Waals surface area contributed by atoms with E-state index in [1.54, 1.807) is 28.7 Å². The molecule has 0 N–H and O–H groups in total. The number of likely N-dealkylation sites (tertiary alicyclic amines) is 1. The fraction of sp³-hybridized carbons (Fsp3) is 0.390. The second-order valence-corrected chi connectivity index (χ2v) is 14.5.